The molecule has 0 unspecified atom stereocenters. The SMILES string of the molecule is N#CCn1nc(C#N)c2c1CCNC2. The van der Waals surface area contributed by atoms with Gasteiger partial charge in [0.05, 0.1) is 6.07 Å². The molecule has 70 valence electrons. The van der Waals surface area contributed by atoms with Crippen LogP contribution in [0.1, 0.15) is 17.0 Å². The number of aromatic nitrogens is 2. The fraction of sp³-hybridized carbons (Fsp3) is 0.444. The van der Waals surface area contributed by atoms with Crippen LogP contribution in [0.2, 0.25) is 0 Å². The van der Waals surface area contributed by atoms with Crippen LogP contribution in [0.4, 0.5) is 0 Å². The first-order valence-electron chi connectivity index (χ1n) is 4.43. The van der Waals surface area contributed by atoms with Crippen molar-refractivity contribution in [1.82, 2.24) is 15.1 Å². The second-order valence-corrected chi connectivity index (χ2v) is 3.13. The maximum atomic E-state index is 8.84. The zero-order valence-electron chi connectivity index (χ0n) is 7.62. The van der Waals surface area contributed by atoms with Gasteiger partial charge in [-0.25, -0.2) is 0 Å². The molecule has 0 saturated carbocycles. The quantitative estimate of drug-likeness (QED) is 0.667. The van der Waals surface area contributed by atoms with Crippen LogP contribution < -0.4 is 5.32 Å². The summed E-state index contributed by atoms with van der Waals surface area (Å²) < 4.78 is 1.63. The average Bonchev–Trinajstić information content (AvgIpc) is 2.58. The van der Waals surface area contributed by atoms with E-state index in [2.05, 4.69) is 16.5 Å². The summed E-state index contributed by atoms with van der Waals surface area (Å²) >= 11 is 0. The average molecular weight is 187 g/mol. The second-order valence-electron chi connectivity index (χ2n) is 3.13. The van der Waals surface area contributed by atoms with Gasteiger partial charge in [0.2, 0.25) is 0 Å². The van der Waals surface area contributed by atoms with Gasteiger partial charge in [-0.1, -0.05) is 0 Å². The number of hydrogen-bond donors (Lipinski definition) is 1. The second kappa shape index (κ2) is 3.49. The minimum absolute atomic E-state index is 0.226. The van der Waals surface area contributed by atoms with Gasteiger partial charge in [-0.2, -0.15) is 15.6 Å². The van der Waals surface area contributed by atoms with E-state index in [1.165, 1.54) is 0 Å². The summed E-state index contributed by atoms with van der Waals surface area (Å²) in [5, 5.41) is 24.7. The summed E-state index contributed by atoms with van der Waals surface area (Å²) in [7, 11) is 0. The number of nitriles is 2. The zero-order valence-corrected chi connectivity index (χ0v) is 7.62. The van der Waals surface area contributed by atoms with Gasteiger partial charge in [-0.05, 0) is 0 Å². The minimum Gasteiger partial charge on any atom is -0.312 e. The van der Waals surface area contributed by atoms with Gasteiger partial charge in [-0.15, -0.1) is 0 Å². The van der Waals surface area contributed by atoms with Crippen molar-refractivity contribution >= 4 is 0 Å². The van der Waals surface area contributed by atoms with Gasteiger partial charge in [0.1, 0.15) is 12.6 Å². The number of nitrogens with zero attached hydrogens (tertiary/aromatic N) is 4. The van der Waals surface area contributed by atoms with Crippen LogP contribution in [0.25, 0.3) is 0 Å². The maximum absolute atomic E-state index is 8.84. The molecular formula is C9H9N5. The molecule has 5 nitrogen and oxygen atoms in total. The molecule has 1 aliphatic rings. The minimum atomic E-state index is 0.226. The zero-order chi connectivity index (χ0) is 9.97. The molecule has 2 rings (SSSR count). The van der Waals surface area contributed by atoms with Crippen LogP contribution in [0.5, 0.6) is 0 Å². The van der Waals surface area contributed by atoms with Crippen molar-refractivity contribution < 1.29 is 0 Å². The molecule has 1 aromatic rings. The van der Waals surface area contributed by atoms with E-state index in [0.717, 1.165) is 24.2 Å². The van der Waals surface area contributed by atoms with Gasteiger partial charge >= 0.3 is 0 Å². The molecule has 0 spiro atoms. The highest BCUT2D eigenvalue weighted by atomic mass is 15.3. The van der Waals surface area contributed by atoms with Crippen LogP contribution >= 0.6 is 0 Å². The van der Waals surface area contributed by atoms with Gasteiger partial charge in [0.25, 0.3) is 0 Å². The van der Waals surface area contributed by atoms with Crippen LogP contribution in [-0.4, -0.2) is 16.3 Å². The van der Waals surface area contributed by atoms with E-state index >= 15 is 0 Å². The van der Waals surface area contributed by atoms with Gasteiger partial charge in [-0.3, -0.25) is 4.68 Å². The summed E-state index contributed by atoms with van der Waals surface area (Å²) in [4.78, 5) is 0. The molecule has 0 saturated heterocycles. The lowest BCUT2D eigenvalue weighted by atomic mass is 10.1. The third-order valence-electron chi connectivity index (χ3n) is 2.33. The predicted molar refractivity (Wildman–Crippen MR) is 48.0 cm³/mol. The fourth-order valence-corrected chi connectivity index (χ4v) is 1.71. The van der Waals surface area contributed by atoms with Crippen molar-refractivity contribution in [3.05, 3.63) is 17.0 Å². The van der Waals surface area contributed by atoms with Crippen LogP contribution in [-0.2, 0) is 19.5 Å². The highest BCUT2D eigenvalue weighted by Crippen LogP contribution is 2.17. The standard InChI is InChI=1S/C9H9N5/c10-2-4-14-9-1-3-12-6-7(9)8(5-11)13-14/h12H,1,3-4,6H2. The molecule has 2 heterocycles. The first kappa shape index (κ1) is 8.74. The Balaban J connectivity index is 2.49. The topological polar surface area (TPSA) is 77.4 Å². The summed E-state index contributed by atoms with van der Waals surface area (Å²) in [6.45, 7) is 1.79. The molecule has 1 aromatic heterocycles. The van der Waals surface area contributed by atoms with E-state index in [1.807, 2.05) is 6.07 Å². The smallest absolute Gasteiger partial charge is 0.167 e. The molecule has 0 fully saturated rings. The van der Waals surface area contributed by atoms with E-state index in [1.54, 1.807) is 4.68 Å². The Bertz CT molecular complexity index is 431. The molecule has 0 bridgehead atoms. The Kier molecular flexibility index (Phi) is 2.18. The summed E-state index contributed by atoms with van der Waals surface area (Å²) in [6.07, 6.45) is 0.839. The van der Waals surface area contributed by atoms with Crippen LogP contribution in [0, 0.1) is 22.7 Å². The monoisotopic (exact) mass is 187 g/mol. The molecule has 0 atom stereocenters. The highest BCUT2D eigenvalue weighted by molar-refractivity contribution is 5.36. The summed E-state index contributed by atoms with van der Waals surface area (Å²) in [5.74, 6) is 0. The van der Waals surface area contributed by atoms with Gasteiger partial charge < -0.3 is 5.32 Å². The predicted octanol–water partition coefficient (Wildman–Crippen LogP) is -0.0759. The summed E-state index contributed by atoms with van der Waals surface area (Å²) in [6, 6.07) is 4.09. The number of rotatable bonds is 1. The van der Waals surface area contributed by atoms with Gasteiger partial charge in [0, 0.05) is 30.8 Å². The molecule has 1 aliphatic heterocycles. The lowest BCUT2D eigenvalue weighted by Gasteiger charge is -2.13. The fourth-order valence-electron chi connectivity index (χ4n) is 1.71. The molecule has 0 amide bonds. The first-order chi connectivity index (χ1) is 6.86. The Morgan fingerprint density at radius 3 is 3.07 bits per heavy atom. The third-order valence-corrected chi connectivity index (χ3v) is 2.33. The lowest BCUT2D eigenvalue weighted by Crippen LogP contribution is -2.25. The van der Waals surface area contributed by atoms with E-state index in [9.17, 15) is 0 Å². The number of nitrogens with one attached hydrogen (secondary N) is 1. The van der Waals surface area contributed by atoms with E-state index in [4.69, 9.17) is 10.5 Å². The van der Waals surface area contributed by atoms with Crippen molar-refractivity contribution in [1.29, 1.82) is 10.5 Å². The molecule has 0 aliphatic carbocycles. The first-order valence-corrected chi connectivity index (χ1v) is 4.43. The number of fused-ring (bicyclic) bond motifs is 1. The van der Waals surface area contributed by atoms with Crippen molar-refractivity contribution in [2.45, 2.75) is 19.5 Å². The lowest BCUT2D eigenvalue weighted by molar-refractivity contribution is 0.590. The molecular weight excluding hydrogens is 178 g/mol. The Labute approximate surface area is 81.6 Å². The van der Waals surface area contributed by atoms with E-state index < -0.39 is 0 Å². The van der Waals surface area contributed by atoms with Crippen LogP contribution in [0.3, 0.4) is 0 Å². The largest absolute Gasteiger partial charge is 0.312 e. The Morgan fingerprint density at radius 2 is 2.36 bits per heavy atom. The molecule has 0 aromatic carbocycles. The Morgan fingerprint density at radius 1 is 1.50 bits per heavy atom. The van der Waals surface area contributed by atoms with E-state index in [0.29, 0.717) is 12.2 Å². The maximum Gasteiger partial charge on any atom is 0.167 e. The molecule has 0 radical (unpaired) electrons. The third kappa shape index (κ3) is 1.24. The van der Waals surface area contributed by atoms with Crippen molar-refractivity contribution in [3.63, 3.8) is 0 Å². The van der Waals surface area contributed by atoms with Crippen molar-refractivity contribution in [2.24, 2.45) is 0 Å². The Hall–Kier alpha value is -1.85. The number of hydrogen-bond acceptors (Lipinski definition) is 4. The highest BCUT2D eigenvalue weighted by Gasteiger charge is 2.19. The van der Waals surface area contributed by atoms with Crippen LogP contribution in [0.15, 0.2) is 0 Å². The molecule has 14 heavy (non-hydrogen) atoms. The van der Waals surface area contributed by atoms with Crippen molar-refractivity contribution in [3.8, 4) is 12.1 Å². The van der Waals surface area contributed by atoms with Crippen molar-refractivity contribution in [2.75, 3.05) is 6.54 Å². The van der Waals surface area contributed by atoms with Gasteiger partial charge in [0.15, 0.2) is 5.69 Å². The molecule has 5 heteroatoms. The summed E-state index contributed by atoms with van der Waals surface area (Å²) in [5.41, 5.74) is 2.43. The van der Waals surface area contributed by atoms with E-state index in [-0.39, 0.29) is 6.54 Å². The molecule has 1 N–H and O–H groups in total. The normalized spacial score (nSPS) is 14.1.